The fraction of sp³-hybridized carbons (Fsp3) is 0.500. The normalized spacial score (nSPS) is 21.1. The lowest BCUT2D eigenvalue weighted by atomic mass is 9.76. The molecule has 0 radical (unpaired) electrons. The van der Waals surface area contributed by atoms with Crippen LogP contribution in [-0.4, -0.2) is 28.6 Å². The number of hydrogen-bond acceptors (Lipinski definition) is 4. The van der Waals surface area contributed by atoms with Gasteiger partial charge in [0.05, 0.1) is 15.6 Å². The maximum absolute atomic E-state index is 11.6. The van der Waals surface area contributed by atoms with Gasteiger partial charge in [0, 0.05) is 18.7 Å². The van der Waals surface area contributed by atoms with E-state index in [1.807, 2.05) is 13.8 Å². The zero-order valence-corrected chi connectivity index (χ0v) is 12.6. The van der Waals surface area contributed by atoms with Crippen molar-refractivity contribution in [2.45, 2.75) is 32.7 Å². The van der Waals surface area contributed by atoms with Crippen LogP contribution in [0.3, 0.4) is 0 Å². The van der Waals surface area contributed by atoms with E-state index in [0.717, 1.165) is 12.8 Å². The number of hydrogen-bond donors (Lipinski definition) is 1. The van der Waals surface area contributed by atoms with E-state index in [-0.39, 0.29) is 10.7 Å². The Labute approximate surface area is 127 Å². The molecule has 1 atom stereocenters. The molecule has 2 rings (SSSR count). The lowest BCUT2D eigenvalue weighted by molar-refractivity contribution is -0.384. The second-order valence-corrected chi connectivity index (χ2v) is 6.33. The van der Waals surface area contributed by atoms with Crippen LogP contribution in [0.25, 0.3) is 0 Å². The van der Waals surface area contributed by atoms with Crippen LogP contribution in [0, 0.1) is 15.5 Å². The van der Waals surface area contributed by atoms with Gasteiger partial charge in [0.25, 0.3) is 5.69 Å². The highest BCUT2D eigenvalue weighted by Gasteiger charge is 2.43. The quantitative estimate of drug-likeness (QED) is 0.683. The summed E-state index contributed by atoms with van der Waals surface area (Å²) in [7, 11) is 0. The van der Waals surface area contributed by atoms with E-state index in [9.17, 15) is 20.0 Å². The molecule has 0 saturated carbocycles. The Balaban J connectivity index is 2.44. The molecular formula is C14H17ClN2O4. The molecular weight excluding hydrogens is 296 g/mol. The van der Waals surface area contributed by atoms with Crippen LogP contribution in [0.15, 0.2) is 18.2 Å². The molecule has 21 heavy (non-hydrogen) atoms. The number of carbonyl (C=O) groups is 1. The second kappa shape index (κ2) is 5.52. The molecule has 1 N–H and O–H groups in total. The molecule has 1 aromatic carbocycles. The smallest absolute Gasteiger partial charge is 0.326 e. The number of non-ortho nitro benzene ring substituents is 1. The summed E-state index contributed by atoms with van der Waals surface area (Å²) in [6, 6.07) is 3.43. The second-order valence-electron chi connectivity index (χ2n) is 5.92. The average Bonchev–Trinajstić information content (AvgIpc) is 2.36. The van der Waals surface area contributed by atoms with Gasteiger partial charge in [-0.05, 0) is 24.3 Å². The van der Waals surface area contributed by atoms with Crippen LogP contribution in [0.5, 0.6) is 0 Å². The summed E-state index contributed by atoms with van der Waals surface area (Å²) in [4.78, 5) is 23.6. The third kappa shape index (κ3) is 2.95. The first-order chi connectivity index (χ1) is 9.74. The SMILES string of the molecule is CC1(C)CCCN(c2ccc([N+](=O)[O-])cc2Cl)C1C(=O)O. The number of nitro groups is 1. The first-order valence-corrected chi connectivity index (χ1v) is 7.05. The summed E-state index contributed by atoms with van der Waals surface area (Å²) >= 11 is 6.13. The van der Waals surface area contributed by atoms with Gasteiger partial charge in [-0.15, -0.1) is 0 Å². The van der Waals surface area contributed by atoms with Crippen molar-refractivity contribution in [3.05, 3.63) is 33.3 Å². The molecule has 1 aromatic rings. The van der Waals surface area contributed by atoms with Crippen LogP contribution < -0.4 is 4.90 Å². The third-order valence-corrected chi connectivity index (χ3v) is 4.26. The molecule has 0 bridgehead atoms. The number of rotatable bonds is 3. The Morgan fingerprint density at radius 2 is 2.19 bits per heavy atom. The van der Waals surface area contributed by atoms with Gasteiger partial charge in [-0.25, -0.2) is 4.79 Å². The van der Waals surface area contributed by atoms with Gasteiger partial charge in [0.1, 0.15) is 6.04 Å². The number of piperidine rings is 1. The van der Waals surface area contributed by atoms with Gasteiger partial charge < -0.3 is 10.0 Å². The van der Waals surface area contributed by atoms with Gasteiger partial charge in [-0.1, -0.05) is 25.4 Å². The maximum atomic E-state index is 11.6. The fourth-order valence-electron chi connectivity index (χ4n) is 2.96. The minimum Gasteiger partial charge on any atom is -0.480 e. The number of carboxylic acid groups (broad SMARTS) is 1. The molecule has 1 fully saturated rings. The number of anilines is 1. The number of halogens is 1. The lowest BCUT2D eigenvalue weighted by Crippen LogP contribution is -2.54. The molecule has 1 saturated heterocycles. The molecule has 6 nitrogen and oxygen atoms in total. The zero-order chi connectivity index (χ0) is 15.8. The van der Waals surface area contributed by atoms with Crippen molar-refractivity contribution in [3.63, 3.8) is 0 Å². The van der Waals surface area contributed by atoms with E-state index in [1.165, 1.54) is 18.2 Å². The molecule has 1 aliphatic rings. The van der Waals surface area contributed by atoms with E-state index >= 15 is 0 Å². The number of aliphatic carboxylic acids is 1. The Bertz CT molecular complexity index is 588. The summed E-state index contributed by atoms with van der Waals surface area (Å²) in [6.45, 7) is 4.40. The molecule has 0 aliphatic carbocycles. The highest BCUT2D eigenvalue weighted by molar-refractivity contribution is 6.33. The van der Waals surface area contributed by atoms with E-state index < -0.39 is 22.3 Å². The van der Waals surface area contributed by atoms with Gasteiger partial charge >= 0.3 is 5.97 Å². The summed E-state index contributed by atoms with van der Waals surface area (Å²) < 4.78 is 0. The Morgan fingerprint density at radius 1 is 1.52 bits per heavy atom. The first-order valence-electron chi connectivity index (χ1n) is 6.67. The van der Waals surface area contributed by atoms with Crippen molar-refractivity contribution in [1.29, 1.82) is 0 Å². The number of nitrogens with zero attached hydrogens (tertiary/aromatic N) is 2. The Kier molecular flexibility index (Phi) is 4.09. The van der Waals surface area contributed by atoms with E-state index in [0.29, 0.717) is 12.2 Å². The summed E-state index contributed by atoms with van der Waals surface area (Å²) in [6.07, 6.45) is 1.66. The topological polar surface area (TPSA) is 83.7 Å². The first kappa shape index (κ1) is 15.6. The predicted molar refractivity (Wildman–Crippen MR) is 79.9 cm³/mol. The van der Waals surface area contributed by atoms with Crippen molar-refractivity contribution in [2.24, 2.45) is 5.41 Å². The summed E-state index contributed by atoms with van der Waals surface area (Å²) in [5.41, 5.74) is 0.0316. The predicted octanol–water partition coefficient (Wildman–Crippen LogP) is 3.33. The highest BCUT2D eigenvalue weighted by atomic mass is 35.5. The Hall–Kier alpha value is -1.82. The molecule has 1 heterocycles. The third-order valence-electron chi connectivity index (χ3n) is 3.96. The minimum absolute atomic E-state index is 0.105. The molecule has 1 unspecified atom stereocenters. The van der Waals surface area contributed by atoms with Crippen molar-refractivity contribution in [2.75, 3.05) is 11.4 Å². The molecule has 1 aliphatic heterocycles. The van der Waals surface area contributed by atoms with E-state index in [1.54, 1.807) is 4.90 Å². The van der Waals surface area contributed by atoms with Gasteiger partial charge in [0.15, 0.2) is 0 Å². The number of benzene rings is 1. The molecule has 0 aromatic heterocycles. The van der Waals surface area contributed by atoms with Crippen LogP contribution in [-0.2, 0) is 4.79 Å². The summed E-state index contributed by atoms with van der Waals surface area (Å²) in [5.74, 6) is -0.908. The number of nitro benzene ring substituents is 1. The van der Waals surface area contributed by atoms with Gasteiger partial charge in [-0.2, -0.15) is 0 Å². The summed E-state index contributed by atoms with van der Waals surface area (Å²) in [5, 5.41) is 20.5. The van der Waals surface area contributed by atoms with Crippen molar-refractivity contribution in [3.8, 4) is 0 Å². The average molecular weight is 313 g/mol. The largest absolute Gasteiger partial charge is 0.480 e. The molecule has 0 spiro atoms. The van der Waals surface area contributed by atoms with Crippen LogP contribution in [0.2, 0.25) is 5.02 Å². The monoisotopic (exact) mass is 312 g/mol. The van der Waals surface area contributed by atoms with Crippen LogP contribution in [0.4, 0.5) is 11.4 Å². The van der Waals surface area contributed by atoms with E-state index in [2.05, 4.69) is 0 Å². The number of carboxylic acids is 1. The standard InChI is InChI=1S/C14H17ClN2O4/c1-14(2)6-3-7-16(12(14)13(18)19)11-5-4-9(17(20)21)8-10(11)15/h4-5,8,12H,3,6-7H2,1-2H3,(H,18,19). The maximum Gasteiger partial charge on any atom is 0.326 e. The van der Waals surface area contributed by atoms with Crippen molar-refractivity contribution >= 4 is 28.9 Å². The van der Waals surface area contributed by atoms with Crippen LogP contribution >= 0.6 is 11.6 Å². The lowest BCUT2D eigenvalue weighted by Gasteiger charge is -2.45. The van der Waals surface area contributed by atoms with Gasteiger partial charge in [0.2, 0.25) is 0 Å². The highest BCUT2D eigenvalue weighted by Crippen LogP contribution is 2.40. The fourth-order valence-corrected chi connectivity index (χ4v) is 3.25. The minimum atomic E-state index is -0.908. The molecule has 0 amide bonds. The van der Waals surface area contributed by atoms with Gasteiger partial charge in [-0.3, -0.25) is 10.1 Å². The zero-order valence-electron chi connectivity index (χ0n) is 11.9. The Morgan fingerprint density at radius 3 is 2.71 bits per heavy atom. The van der Waals surface area contributed by atoms with Crippen molar-refractivity contribution < 1.29 is 14.8 Å². The van der Waals surface area contributed by atoms with Crippen molar-refractivity contribution in [1.82, 2.24) is 0 Å². The van der Waals surface area contributed by atoms with Crippen LogP contribution in [0.1, 0.15) is 26.7 Å². The molecule has 114 valence electrons. The molecule has 7 heteroatoms. The van der Waals surface area contributed by atoms with E-state index in [4.69, 9.17) is 11.6 Å².